The minimum atomic E-state index is -0.402. The van der Waals surface area contributed by atoms with Crippen molar-refractivity contribution in [3.63, 3.8) is 0 Å². The first-order chi connectivity index (χ1) is 15.8. The molecule has 33 heavy (non-hydrogen) atoms. The van der Waals surface area contributed by atoms with Gasteiger partial charge in [-0.2, -0.15) is 0 Å². The van der Waals surface area contributed by atoms with Gasteiger partial charge >= 0.3 is 0 Å². The topological polar surface area (TPSA) is 64.7 Å². The highest BCUT2D eigenvalue weighted by molar-refractivity contribution is 7.80. The Labute approximate surface area is 213 Å². The number of hydrogen-bond donors (Lipinski definition) is 2. The number of thiocarbonyl (C=S) groups is 1. The van der Waals surface area contributed by atoms with Gasteiger partial charge in [-0.25, -0.2) is 0 Å². The zero-order valence-electron chi connectivity index (χ0n) is 17.9. The molecule has 1 aliphatic heterocycles. The van der Waals surface area contributed by atoms with Crippen LogP contribution in [0.3, 0.4) is 0 Å². The van der Waals surface area contributed by atoms with Crippen LogP contribution >= 0.6 is 47.0 Å². The van der Waals surface area contributed by atoms with Crippen LogP contribution in [0.2, 0.25) is 15.1 Å². The Morgan fingerprint density at radius 2 is 1.76 bits per heavy atom. The maximum atomic E-state index is 12.2. The van der Waals surface area contributed by atoms with E-state index in [0.717, 1.165) is 18.8 Å². The van der Waals surface area contributed by atoms with E-state index < -0.39 is 5.91 Å². The van der Waals surface area contributed by atoms with Gasteiger partial charge in [0.25, 0.3) is 0 Å². The SMILES string of the molecule is CCC(=O)N1CCN(c2ccc(NC(=S)NC(=O)/C=C/c3ccc(Cl)cc3Cl)cc2Cl)CC1. The Morgan fingerprint density at radius 3 is 2.39 bits per heavy atom. The van der Waals surface area contributed by atoms with E-state index in [1.54, 1.807) is 30.3 Å². The summed E-state index contributed by atoms with van der Waals surface area (Å²) in [6.45, 7) is 4.66. The Hall–Kier alpha value is -2.32. The van der Waals surface area contributed by atoms with Gasteiger partial charge in [0, 0.05) is 54.4 Å². The highest BCUT2D eigenvalue weighted by Gasteiger charge is 2.21. The van der Waals surface area contributed by atoms with E-state index in [1.165, 1.54) is 6.08 Å². The van der Waals surface area contributed by atoms with Crippen LogP contribution in [0, 0.1) is 0 Å². The number of halogens is 3. The van der Waals surface area contributed by atoms with Crippen LogP contribution in [0.25, 0.3) is 6.08 Å². The van der Waals surface area contributed by atoms with Crippen LogP contribution < -0.4 is 15.5 Å². The summed E-state index contributed by atoms with van der Waals surface area (Å²) in [4.78, 5) is 28.0. The molecule has 0 saturated carbocycles. The number of rotatable bonds is 5. The summed E-state index contributed by atoms with van der Waals surface area (Å²) in [5, 5.41) is 7.20. The van der Waals surface area contributed by atoms with Crippen molar-refractivity contribution >= 4 is 81.4 Å². The van der Waals surface area contributed by atoms with E-state index in [1.807, 2.05) is 24.0 Å². The molecule has 2 amide bonds. The van der Waals surface area contributed by atoms with Gasteiger partial charge in [0.15, 0.2) is 5.11 Å². The lowest BCUT2D eigenvalue weighted by atomic mass is 10.2. The lowest BCUT2D eigenvalue weighted by Crippen LogP contribution is -2.48. The molecule has 0 spiro atoms. The van der Waals surface area contributed by atoms with Crippen molar-refractivity contribution in [2.45, 2.75) is 13.3 Å². The van der Waals surface area contributed by atoms with E-state index in [-0.39, 0.29) is 11.0 Å². The number of piperazine rings is 1. The molecule has 1 saturated heterocycles. The number of carbonyl (C=O) groups excluding carboxylic acids is 2. The van der Waals surface area contributed by atoms with Gasteiger partial charge in [0.2, 0.25) is 11.8 Å². The van der Waals surface area contributed by atoms with Gasteiger partial charge in [-0.1, -0.05) is 47.8 Å². The molecule has 10 heteroatoms. The molecule has 6 nitrogen and oxygen atoms in total. The number of carbonyl (C=O) groups is 2. The van der Waals surface area contributed by atoms with E-state index in [4.69, 9.17) is 47.0 Å². The van der Waals surface area contributed by atoms with E-state index >= 15 is 0 Å². The molecule has 174 valence electrons. The van der Waals surface area contributed by atoms with Gasteiger partial charge < -0.3 is 15.1 Å². The van der Waals surface area contributed by atoms with Crippen LogP contribution in [-0.2, 0) is 9.59 Å². The Kier molecular flexibility index (Phi) is 8.97. The number of nitrogens with zero attached hydrogens (tertiary/aromatic N) is 2. The minimum absolute atomic E-state index is 0.141. The smallest absolute Gasteiger partial charge is 0.250 e. The zero-order chi connectivity index (χ0) is 24.0. The van der Waals surface area contributed by atoms with Crippen molar-refractivity contribution in [3.05, 3.63) is 63.1 Å². The van der Waals surface area contributed by atoms with Crippen LogP contribution in [0.4, 0.5) is 11.4 Å². The number of nitrogens with one attached hydrogen (secondary N) is 2. The lowest BCUT2D eigenvalue weighted by molar-refractivity contribution is -0.131. The lowest BCUT2D eigenvalue weighted by Gasteiger charge is -2.36. The molecule has 0 atom stereocenters. The summed E-state index contributed by atoms with van der Waals surface area (Å²) in [6, 6.07) is 10.5. The largest absolute Gasteiger partial charge is 0.367 e. The van der Waals surface area contributed by atoms with Gasteiger partial charge in [-0.3, -0.25) is 14.9 Å². The number of anilines is 2. The molecule has 0 aromatic heterocycles. The van der Waals surface area contributed by atoms with Crippen molar-refractivity contribution < 1.29 is 9.59 Å². The summed E-state index contributed by atoms with van der Waals surface area (Å²) in [5.74, 6) is -0.234. The molecular formula is C23H23Cl3N4O2S. The average Bonchev–Trinajstić information content (AvgIpc) is 2.78. The Morgan fingerprint density at radius 1 is 1.03 bits per heavy atom. The van der Waals surface area contributed by atoms with Crippen molar-refractivity contribution in [2.75, 3.05) is 36.4 Å². The van der Waals surface area contributed by atoms with Crippen LogP contribution in [0.1, 0.15) is 18.9 Å². The molecule has 2 N–H and O–H groups in total. The molecule has 2 aromatic carbocycles. The van der Waals surface area contributed by atoms with E-state index in [2.05, 4.69) is 15.5 Å². The fourth-order valence-electron chi connectivity index (χ4n) is 3.38. The normalized spacial score (nSPS) is 13.8. The maximum absolute atomic E-state index is 12.2. The molecule has 0 unspecified atom stereocenters. The molecule has 1 fully saturated rings. The Bertz CT molecular complexity index is 1090. The first kappa shape index (κ1) is 25.3. The van der Waals surface area contributed by atoms with E-state index in [9.17, 15) is 9.59 Å². The van der Waals surface area contributed by atoms with E-state index in [0.29, 0.717) is 45.8 Å². The summed E-state index contributed by atoms with van der Waals surface area (Å²) >= 11 is 23.7. The predicted molar refractivity (Wildman–Crippen MR) is 140 cm³/mol. The molecule has 1 aliphatic rings. The highest BCUT2D eigenvalue weighted by atomic mass is 35.5. The molecule has 1 heterocycles. The first-order valence-electron chi connectivity index (χ1n) is 10.3. The third-order valence-corrected chi connectivity index (χ3v) is 6.16. The predicted octanol–water partition coefficient (Wildman–Crippen LogP) is 5.23. The molecule has 0 bridgehead atoms. The molecule has 0 aliphatic carbocycles. The third-order valence-electron chi connectivity index (χ3n) is 5.09. The number of benzene rings is 2. The average molecular weight is 526 g/mol. The second-order valence-electron chi connectivity index (χ2n) is 7.33. The first-order valence-corrected chi connectivity index (χ1v) is 11.9. The molecular weight excluding hydrogens is 503 g/mol. The highest BCUT2D eigenvalue weighted by Crippen LogP contribution is 2.30. The van der Waals surface area contributed by atoms with Crippen molar-refractivity contribution in [1.29, 1.82) is 0 Å². The van der Waals surface area contributed by atoms with Gasteiger partial charge in [-0.05, 0) is 54.2 Å². The molecule has 2 aromatic rings. The number of amides is 2. The molecule has 3 rings (SSSR count). The van der Waals surface area contributed by atoms with Crippen LogP contribution in [0.15, 0.2) is 42.5 Å². The van der Waals surface area contributed by atoms with Crippen molar-refractivity contribution in [2.24, 2.45) is 0 Å². The van der Waals surface area contributed by atoms with Crippen molar-refractivity contribution in [1.82, 2.24) is 10.2 Å². The fourth-order valence-corrected chi connectivity index (χ4v) is 4.37. The van der Waals surface area contributed by atoms with Crippen LogP contribution in [0.5, 0.6) is 0 Å². The summed E-state index contributed by atoms with van der Waals surface area (Å²) in [6.07, 6.45) is 3.43. The van der Waals surface area contributed by atoms with Gasteiger partial charge in [0.05, 0.1) is 10.7 Å². The van der Waals surface area contributed by atoms with Crippen LogP contribution in [-0.4, -0.2) is 48.0 Å². The Balaban J connectivity index is 1.54. The maximum Gasteiger partial charge on any atom is 0.250 e. The summed E-state index contributed by atoms with van der Waals surface area (Å²) in [7, 11) is 0. The second-order valence-corrected chi connectivity index (χ2v) is 8.99. The van der Waals surface area contributed by atoms with Crippen molar-refractivity contribution in [3.8, 4) is 0 Å². The zero-order valence-corrected chi connectivity index (χ0v) is 21.0. The fraction of sp³-hybridized carbons (Fsp3) is 0.261. The second kappa shape index (κ2) is 11.7. The minimum Gasteiger partial charge on any atom is -0.367 e. The number of hydrogen-bond acceptors (Lipinski definition) is 4. The van der Waals surface area contributed by atoms with Gasteiger partial charge in [-0.15, -0.1) is 0 Å². The summed E-state index contributed by atoms with van der Waals surface area (Å²) in [5.41, 5.74) is 2.21. The standard InChI is InChI=1S/C23H23Cl3N4O2S/c1-2-22(32)30-11-9-29(10-12-30)20-7-6-17(14-19(20)26)27-23(33)28-21(31)8-4-15-3-5-16(24)13-18(15)25/h3-8,13-14H,2,9-12H2,1H3,(H2,27,28,31,33)/b8-4+. The van der Waals surface area contributed by atoms with Gasteiger partial charge in [0.1, 0.15) is 0 Å². The summed E-state index contributed by atoms with van der Waals surface area (Å²) < 4.78 is 0. The molecule has 0 radical (unpaired) electrons. The monoisotopic (exact) mass is 524 g/mol. The quantitative estimate of drug-likeness (QED) is 0.413. The third kappa shape index (κ3) is 7.08.